The van der Waals surface area contributed by atoms with Gasteiger partial charge in [0, 0.05) is 5.92 Å². The average Bonchev–Trinajstić information content (AvgIpc) is 2.39. The standard InChI is InChI=1S/C15H26O2/c1-10(2)11-5-7-14(3,16)12-6-8-15(4,17)13(12)9-11/h9-10,12-13,16-17H,5-8H2,1-4H3/t12-,13+,14+,15+/m1/s1. The Bertz CT molecular complexity index is 326. The molecule has 0 unspecified atom stereocenters. The molecule has 0 heterocycles. The summed E-state index contributed by atoms with van der Waals surface area (Å²) in [4.78, 5) is 0. The van der Waals surface area contributed by atoms with Crippen molar-refractivity contribution in [3.8, 4) is 0 Å². The van der Waals surface area contributed by atoms with Crippen LogP contribution in [0.1, 0.15) is 53.4 Å². The first kappa shape index (κ1) is 13.1. The Morgan fingerprint density at radius 2 is 1.82 bits per heavy atom. The lowest BCUT2D eigenvalue weighted by Crippen LogP contribution is -2.40. The van der Waals surface area contributed by atoms with Crippen LogP contribution in [0.5, 0.6) is 0 Å². The molecule has 2 aliphatic rings. The summed E-state index contributed by atoms with van der Waals surface area (Å²) in [6.07, 6.45) is 5.80. The summed E-state index contributed by atoms with van der Waals surface area (Å²) in [6.45, 7) is 8.27. The van der Waals surface area contributed by atoms with Crippen molar-refractivity contribution < 1.29 is 10.2 Å². The van der Waals surface area contributed by atoms with Crippen LogP contribution >= 0.6 is 0 Å². The van der Waals surface area contributed by atoms with Crippen LogP contribution in [0.15, 0.2) is 11.6 Å². The van der Waals surface area contributed by atoms with Gasteiger partial charge >= 0.3 is 0 Å². The van der Waals surface area contributed by atoms with E-state index < -0.39 is 11.2 Å². The van der Waals surface area contributed by atoms with Crippen LogP contribution in [-0.2, 0) is 0 Å². The summed E-state index contributed by atoms with van der Waals surface area (Å²) >= 11 is 0. The molecular formula is C15H26O2. The maximum absolute atomic E-state index is 10.6. The molecule has 17 heavy (non-hydrogen) atoms. The first-order valence-electron chi connectivity index (χ1n) is 6.89. The zero-order chi connectivity index (χ0) is 12.8. The molecule has 2 N–H and O–H groups in total. The molecule has 0 aliphatic heterocycles. The van der Waals surface area contributed by atoms with Gasteiger partial charge in [0.15, 0.2) is 0 Å². The van der Waals surface area contributed by atoms with Gasteiger partial charge in [-0.3, -0.25) is 0 Å². The van der Waals surface area contributed by atoms with Gasteiger partial charge in [-0.2, -0.15) is 0 Å². The van der Waals surface area contributed by atoms with Gasteiger partial charge in [-0.05, 0) is 51.4 Å². The number of fused-ring (bicyclic) bond motifs is 1. The highest BCUT2D eigenvalue weighted by atomic mass is 16.3. The van der Waals surface area contributed by atoms with Crippen LogP contribution in [0.4, 0.5) is 0 Å². The van der Waals surface area contributed by atoms with E-state index in [1.807, 2.05) is 13.8 Å². The molecule has 0 bridgehead atoms. The predicted octanol–water partition coefficient (Wildman–Crippen LogP) is 2.89. The summed E-state index contributed by atoms with van der Waals surface area (Å²) in [5, 5.41) is 21.1. The minimum absolute atomic E-state index is 0.123. The monoisotopic (exact) mass is 238 g/mol. The number of hydrogen-bond donors (Lipinski definition) is 2. The fourth-order valence-electron chi connectivity index (χ4n) is 3.60. The van der Waals surface area contributed by atoms with E-state index in [-0.39, 0.29) is 11.8 Å². The van der Waals surface area contributed by atoms with Crippen molar-refractivity contribution in [3.05, 3.63) is 11.6 Å². The van der Waals surface area contributed by atoms with Gasteiger partial charge in [0.1, 0.15) is 0 Å². The number of hydrogen-bond acceptors (Lipinski definition) is 2. The van der Waals surface area contributed by atoms with Gasteiger partial charge in [-0.1, -0.05) is 25.5 Å². The molecule has 98 valence electrons. The quantitative estimate of drug-likeness (QED) is 0.690. The van der Waals surface area contributed by atoms with E-state index in [0.29, 0.717) is 5.92 Å². The highest BCUT2D eigenvalue weighted by molar-refractivity contribution is 5.19. The Morgan fingerprint density at radius 1 is 1.18 bits per heavy atom. The SMILES string of the molecule is CC(C)C1=C[C@H]2[C@@H](CC[C@]2(C)O)[C@@](C)(O)CC1. The molecule has 0 spiro atoms. The van der Waals surface area contributed by atoms with Crippen LogP contribution in [0.25, 0.3) is 0 Å². The van der Waals surface area contributed by atoms with Gasteiger partial charge in [-0.25, -0.2) is 0 Å². The summed E-state index contributed by atoms with van der Waals surface area (Å²) in [7, 11) is 0. The predicted molar refractivity (Wildman–Crippen MR) is 69.6 cm³/mol. The zero-order valence-electron chi connectivity index (χ0n) is 11.5. The van der Waals surface area contributed by atoms with Crippen LogP contribution < -0.4 is 0 Å². The van der Waals surface area contributed by atoms with Gasteiger partial charge in [0.05, 0.1) is 11.2 Å². The lowest BCUT2D eigenvalue weighted by atomic mass is 9.77. The van der Waals surface area contributed by atoms with Crippen molar-refractivity contribution in [2.75, 3.05) is 0 Å². The van der Waals surface area contributed by atoms with Crippen molar-refractivity contribution in [3.63, 3.8) is 0 Å². The minimum Gasteiger partial charge on any atom is -0.390 e. The Labute approximate surface area is 105 Å². The molecular weight excluding hydrogens is 212 g/mol. The molecule has 1 fully saturated rings. The Kier molecular flexibility index (Phi) is 3.16. The van der Waals surface area contributed by atoms with Crippen molar-refractivity contribution >= 4 is 0 Å². The highest BCUT2D eigenvalue weighted by Gasteiger charge is 2.50. The topological polar surface area (TPSA) is 40.5 Å². The zero-order valence-corrected chi connectivity index (χ0v) is 11.5. The van der Waals surface area contributed by atoms with Crippen LogP contribution in [-0.4, -0.2) is 21.4 Å². The number of rotatable bonds is 1. The second kappa shape index (κ2) is 4.10. The molecule has 0 amide bonds. The molecule has 4 atom stereocenters. The third-order valence-corrected chi connectivity index (χ3v) is 4.97. The van der Waals surface area contributed by atoms with Crippen LogP contribution in [0.3, 0.4) is 0 Å². The van der Waals surface area contributed by atoms with E-state index in [1.54, 1.807) is 0 Å². The summed E-state index contributed by atoms with van der Waals surface area (Å²) in [5.41, 5.74) is 0.136. The maximum Gasteiger partial charge on any atom is 0.0686 e. The lowest BCUT2D eigenvalue weighted by Gasteiger charge is -2.34. The Balaban J connectivity index is 2.37. The van der Waals surface area contributed by atoms with Gasteiger partial charge in [0.2, 0.25) is 0 Å². The van der Waals surface area contributed by atoms with Crippen LogP contribution in [0.2, 0.25) is 0 Å². The smallest absolute Gasteiger partial charge is 0.0686 e. The summed E-state index contributed by atoms with van der Waals surface area (Å²) < 4.78 is 0. The van der Waals surface area contributed by atoms with E-state index in [4.69, 9.17) is 0 Å². The Hall–Kier alpha value is -0.340. The molecule has 0 saturated heterocycles. The molecule has 2 aliphatic carbocycles. The number of allylic oxidation sites excluding steroid dienone is 1. The second-order valence-corrected chi connectivity index (χ2v) is 6.78. The third kappa shape index (κ3) is 2.30. The Morgan fingerprint density at radius 3 is 2.41 bits per heavy atom. The van der Waals surface area contributed by atoms with E-state index in [2.05, 4.69) is 19.9 Å². The molecule has 2 nitrogen and oxygen atoms in total. The van der Waals surface area contributed by atoms with Crippen molar-refractivity contribution in [2.45, 2.75) is 64.6 Å². The lowest BCUT2D eigenvalue weighted by molar-refractivity contribution is -0.0419. The van der Waals surface area contributed by atoms with Gasteiger partial charge in [-0.15, -0.1) is 0 Å². The minimum atomic E-state index is -0.640. The molecule has 2 rings (SSSR count). The van der Waals surface area contributed by atoms with Crippen LogP contribution in [0, 0.1) is 17.8 Å². The second-order valence-electron chi connectivity index (χ2n) is 6.78. The fraction of sp³-hybridized carbons (Fsp3) is 0.867. The first-order valence-corrected chi connectivity index (χ1v) is 6.89. The third-order valence-electron chi connectivity index (χ3n) is 4.97. The van der Waals surface area contributed by atoms with Gasteiger partial charge in [0.25, 0.3) is 0 Å². The fourth-order valence-corrected chi connectivity index (χ4v) is 3.60. The van der Waals surface area contributed by atoms with E-state index in [1.165, 1.54) is 5.57 Å². The normalized spacial score (nSPS) is 46.6. The van der Waals surface area contributed by atoms with Crippen molar-refractivity contribution in [1.82, 2.24) is 0 Å². The van der Waals surface area contributed by atoms with E-state index in [9.17, 15) is 10.2 Å². The number of aliphatic hydroxyl groups is 2. The summed E-state index contributed by atoms with van der Waals surface area (Å²) in [6, 6.07) is 0. The highest BCUT2D eigenvalue weighted by Crippen LogP contribution is 2.50. The molecule has 0 aromatic carbocycles. The molecule has 1 saturated carbocycles. The van der Waals surface area contributed by atoms with Crippen molar-refractivity contribution in [2.24, 2.45) is 17.8 Å². The first-order chi connectivity index (χ1) is 7.74. The molecule has 0 aromatic rings. The largest absolute Gasteiger partial charge is 0.390 e. The maximum atomic E-state index is 10.6. The van der Waals surface area contributed by atoms with Crippen molar-refractivity contribution in [1.29, 1.82) is 0 Å². The van der Waals surface area contributed by atoms with E-state index >= 15 is 0 Å². The molecule has 0 aromatic heterocycles. The summed E-state index contributed by atoms with van der Waals surface area (Å²) in [5.74, 6) is 0.854. The van der Waals surface area contributed by atoms with Gasteiger partial charge < -0.3 is 10.2 Å². The average molecular weight is 238 g/mol. The molecule has 0 radical (unpaired) electrons. The molecule has 2 heteroatoms. The van der Waals surface area contributed by atoms with E-state index in [0.717, 1.165) is 25.7 Å².